The smallest absolute Gasteiger partial charge is 0.338 e. The minimum Gasteiger partial charge on any atom is -0.464 e. The van der Waals surface area contributed by atoms with Gasteiger partial charge in [0.2, 0.25) is 0 Å². The standard InChI is InChI=1S/C15H20O3/c1-4-18-14(16)15(3,17)13-8-7-11-6-5-10(2)9-12(11)13/h5-6,9,13,17H,4,7-8H2,1-3H3. The zero-order valence-electron chi connectivity index (χ0n) is 11.2. The Kier molecular flexibility index (Phi) is 3.44. The summed E-state index contributed by atoms with van der Waals surface area (Å²) >= 11 is 0. The van der Waals surface area contributed by atoms with Crippen LogP contribution in [0.25, 0.3) is 0 Å². The Balaban J connectivity index is 2.32. The summed E-state index contributed by atoms with van der Waals surface area (Å²) in [5.74, 6) is -0.684. The molecule has 0 heterocycles. The average molecular weight is 248 g/mol. The van der Waals surface area contributed by atoms with E-state index in [9.17, 15) is 9.90 Å². The molecule has 18 heavy (non-hydrogen) atoms. The fourth-order valence-electron chi connectivity index (χ4n) is 2.73. The van der Waals surface area contributed by atoms with Gasteiger partial charge < -0.3 is 9.84 Å². The number of fused-ring (bicyclic) bond motifs is 1. The normalized spacial score (nSPS) is 21.2. The Hall–Kier alpha value is -1.35. The molecule has 0 spiro atoms. The van der Waals surface area contributed by atoms with E-state index in [4.69, 9.17) is 4.74 Å². The van der Waals surface area contributed by atoms with Crippen LogP contribution in [0.5, 0.6) is 0 Å². The number of hydrogen-bond donors (Lipinski definition) is 1. The van der Waals surface area contributed by atoms with Crippen molar-refractivity contribution in [3.05, 3.63) is 34.9 Å². The van der Waals surface area contributed by atoms with E-state index in [2.05, 4.69) is 18.2 Å². The third kappa shape index (κ3) is 2.15. The molecule has 1 aliphatic carbocycles. The highest BCUT2D eigenvalue weighted by Crippen LogP contribution is 2.41. The van der Waals surface area contributed by atoms with Gasteiger partial charge in [0.15, 0.2) is 5.60 Å². The van der Waals surface area contributed by atoms with Gasteiger partial charge in [-0.3, -0.25) is 0 Å². The van der Waals surface area contributed by atoms with Gasteiger partial charge in [-0.15, -0.1) is 0 Å². The van der Waals surface area contributed by atoms with Crippen LogP contribution in [0.4, 0.5) is 0 Å². The lowest BCUT2D eigenvalue weighted by molar-refractivity contribution is -0.165. The monoisotopic (exact) mass is 248 g/mol. The van der Waals surface area contributed by atoms with Crippen LogP contribution >= 0.6 is 0 Å². The van der Waals surface area contributed by atoms with E-state index in [1.54, 1.807) is 13.8 Å². The topological polar surface area (TPSA) is 46.5 Å². The van der Waals surface area contributed by atoms with E-state index in [0.29, 0.717) is 6.61 Å². The van der Waals surface area contributed by atoms with Crippen molar-refractivity contribution in [2.75, 3.05) is 6.61 Å². The predicted molar refractivity (Wildman–Crippen MR) is 69.5 cm³/mol. The molecule has 0 saturated carbocycles. The molecule has 0 amide bonds. The molecular weight excluding hydrogens is 228 g/mol. The van der Waals surface area contributed by atoms with Crippen LogP contribution in [-0.2, 0) is 16.0 Å². The minimum atomic E-state index is -1.44. The maximum Gasteiger partial charge on any atom is 0.338 e. The molecule has 1 N–H and O–H groups in total. The lowest BCUT2D eigenvalue weighted by atomic mass is 9.84. The summed E-state index contributed by atoms with van der Waals surface area (Å²) in [5, 5.41) is 10.5. The fraction of sp³-hybridized carbons (Fsp3) is 0.533. The molecule has 0 fully saturated rings. The van der Waals surface area contributed by atoms with Crippen LogP contribution in [0.2, 0.25) is 0 Å². The van der Waals surface area contributed by atoms with E-state index in [1.165, 1.54) is 5.56 Å². The van der Waals surface area contributed by atoms with Crippen LogP contribution in [0.3, 0.4) is 0 Å². The zero-order chi connectivity index (χ0) is 13.3. The fourth-order valence-corrected chi connectivity index (χ4v) is 2.73. The van der Waals surface area contributed by atoms with Crippen molar-refractivity contribution in [3.8, 4) is 0 Å². The van der Waals surface area contributed by atoms with E-state index in [-0.39, 0.29) is 5.92 Å². The van der Waals surface area contributed by atoms with Gasteiger partial charge in [-0.2, -0.15) is 0 Å². The Morgan fingerprint density at radius 2 is 2.28 bits per heavy atom. The number of ether oxygens (including phenoxy) is 1. The molecule has 3 nitrogen and oxygen atoms in total. The molecule has 2 rings (SSSR count). The lowest BCUT2D eigenvalue weighted by Gasteiger charge is -2.28. The highest BCUT2D eigenvalue weighted by molar-refractivity contribution is 5.80. The first-order valence-corrected chi connectivity index (χ1v) is 6.45. The predicted octanol–water partition coefficient (Wildman–Crippen LogP) is 2.34. The summed E-state index contributed by atoms with van der Waals surface area (Å²) in [5.41, 5.74) is 2.04. The van der Waals surface area contributed by atoms with Crippen LogP contribution in [-0.4, -0.2) is 23.3 Å². The third-order valence-corrected chi connectivity index (χ3v) is 3.75. The van der Waals surface area contributed by atoms with Gasteiger partial charge in [-0.25, -0.2) is 4.79 Å². The summed E-state index contributed by atoms with van der Waals surface area (Å²) in [7, 11) is 0. The molecule has 1 aliphatic rings. The van der Waals surface area contributed by atoms with Gasteiger partial charge in [-0.1, -0.05) is 23.8 Å². The Morgan fingerprint density at radius 1 is 1.56 bits per heavy atom. The van der Waals surface area contributed by atoms with Crippen molar-refractivity contribution in [3.63, 3.8) is 0 Å². The number of benzene rings is 1. The second-order valence-electron chi connectivity index (χ2n) is 5.16. The first-order valence-electron chi connectivity index (χ1n) is 6.45. The van der Waals surface area contributed by atoms with Crippen LogP contribution < -0.4 is 0 Å². The second-order valence-corrected chi connectivity index (χ2v) is 5.16. The molecule has 1 aromatic carbocycles. The van der Waals surface area contributed by atoms with E-state index in [1.807, 2.05) is 6.92 Å². The van der Waals surface area contributed by atoms with Gasteiger partial charge in [-0.05, 0) is 44.7 Å². The van der Waals surface area contributed by atoms with Crippen molar-refractivity contribution < 1.29 is 14.6 Å². The summed E-state index contributed by atoms with van der Waals surface area (Å²) in [4.78, 5) is 11.9. The molecule has 0 radical (unpaired) electrons. The van der Waals surface area contributed by atoms with Crippen LogP contribution in [0.15, 0.2) is 18.2 Å². The van der Waals surface area contributed by atoms with Crippen LogP contribution in [0, 0.1) is 6.92 Å². The molecule has 0 bridgehead atoms. The summed E-state index contributed by atoms with van der Waals surface area (Å²) in [6.07, 6.45) is 1.71. The highest BCUT2D eigenvalue weighted by atomic mass is 16.5. The lowest BCUT2D eigenvalue weighted by Crippen LogP contribution is -2.42. The quantitative estimate of drug-likeness (QED) is 0.835. The second kappa shape index (κ2) is 4.73. The maximum absolute atomic E-state index is 11.9. The number of aliphatic hydroxyl groups is 1. The zero-order valence-corrected chi connectivity index (χ0v) is 11.2. The molecule has 0 saturated heterocycles. The van der Waals surface area contributed by atoms with Crippen molar-refractivity contribution in [2.24, 2.45) is 0 Å². The van der Waals surface area contributed by atoms with E-state index < -0.39 is 11.6 Å². The van der Waals surface area contributed by atoms with Crippen molar-refractivity contribution in [1.82, 2.24) is 0 Å². The number of rotatable bonds is 3. The molecule has 3 heteroatoms. The van der Waals surface area contributed by atoms with Gasteiger partial charge in [0.1, 0.15) is 0 Å². The number of aryl methyl sites for hydroxylation is 2. The number of carbonyl (C=O) groups is 1. The van der Waals surface area contributed by atoms with E-state index in [0.717, 1.165) is 24.0 Å². The Morgan fingerprint density at radius 3 is 2.94 bits per heavy atom. The third-order valence-electron chi connectivity index (χ3n) is 3.75. The molecule has 2 atom stereocenters. The van der Waals surface area contributed by atoms with Crippen molar-refractivity contribution in [1.29, 1.82) is 0 Å². The largest absolute Gasteiger partial charge is 0.464 e. The minimum absolute atomic E-state index is 0.161. The molecule has 0 aromatic heterocycles. The maximum atomic E-state index is 11.9. The average Bonchev–Trinajstić information content (AvgIpc) is 2.72. The first kappa shape index (κ1) is 13.1. The highest BCUT2D eigenvalue weighted by Gasteiger charge is 2.44. The van der Waals surface area contributed by atoms with Gasteiger partial charge in [0.05, 0.1) is 6.61 Å². The van der Waals surface area contributed by atoms with E-state index >= 15 is 0 Å². The van der Waals surface area contributed by atoms with Gasteiger partial charge >= 0.3 is 5.97 Å². The van der Waals surface area contributed by atoms with Crippen LogP contribution in [0.1, 0.15) is 42.9 Å². The molecule has 0 aliphatic heterocycles. The number of hydrogen-bond acceptors (Lipinski definition) is 3. The Labute approximate surface area is 108 Å². The molecule has 1 aromatic rings. The molecule has 2 unspecified atom stereocenters. The molecular formula is C15H20O3. The summed E-state index contributed by atoms with van der Waals surface area (Å²) in [6, 6.07) is 6.23. The van der Waals surface area contributed by atoms with Crippen molar-refractivity contribution >= 4 is 5.97 Å². The summed E-state index contributed by atoms with van der Waals surface area (Å²) < 4.78 is 4.98. The Bertz CT molecular complexity index is 463. The van der Waals surface area contributed by atoms with Gasteiger partial charge in [0.25, 0.3) is 0 Å². The number of carbonyl (C=O) groups excluding carboxylic acids is 1. The SMILES string of the molecule is CCOC(=O)C(C)(O)C1CCc2ccc(C)cc21. The summed E-state index contributed by atoms with van der Waals surface area (Å²) in [6.45, 7) is 5.63. The van der Waals surface area contributed by atoms with Gasteiger partial charge in [0, 0.05) is 5.92 Å². The number of esters is 1. The first-order chi connectivity index (χ1) is 8.46. The molecule has 98 valence electrons. The van der Waals surface area contributed by atoms with Crippen molar-refractivity contribution in [2.45, 2.75) is 45.1 Å².